The van der Waals surface area contributed by atoms with Gasteiger partial charge < -0.3 is 5.73 Å². The zero-order valence-corrected chi connectivity index (χ0v) is 8.87. The fourth-order valence-corrected chi connectivity index (χ4v) is 1.63. The smallest absolute Gasteiger partial charge is 0.218 e. The number of halogens is 1. The Kier molecular flexibility index (Phi) is 3.96. The number of amides is 1. The number of rotatable bonds is 4. The average molecular weight is 212 g/mol. The van der Waals surface area contributed by atoms with Gasteiger partial charge in [-0.2, -0.15) is 0 Å². The van der Waals surface area contributed by atoms with Gasteiger partial charge in [-0.05, 0) is 11.5 Å². The highest BCUT2D eigenvalue weighted by Gasteiger charge is 2.17. The molecule has 1 aromatic rings. The first kappa shape index (κ1) is 11.1. The maximum Gasteiger partial charge on any atom is 0.218 e. The van der Waals surface area contributed by atoms with Crippen molar-refractivity contribution in [3.8, 4) is 0 Å². The summed E-state index contributed by atoms with van der Waals surface area (Å²) in [7, 11) is 0. The second kappa shape index (κ2) is 5.01. The Morgan fingerprint density at radius 1 is 1.43 bits per heavy atom. The molecule has 0 aromatic heterocycles. The molecule has 0 bridgehead atoms. The maximum atomic E-state index is 10.7. The van der Waals surface area contributed by atoms with E-state index in [1.165, 1.54) is 0 Å². The van der Waals surface area contributed by atoms with Gasteiger partial charge in [0.2, 0.25) is 5.91 Å². The Morgan fingerprint density at radius 3 is 2.50 bits per heavy atom. The van der Waals surface area contributed by atoms with Crippen molar-refractivity contribution in [2.75, 3.05) is 0 Å². The summed E-state index contributed by atoms with van der Waals surface area (Å²) in [5.41, 5.74) is 6.22. The van der Waals surface area contributed by atoms with Crippen LogP contribution in [0.15, 0.2) is 30.3 Å². The molecule has 0 aliphatic rings. The van der Waals surface area contributed by atoms with Crippen molar-refractivity contribution < 1.29 is 4.79 Å². The number of carbonyl (C=O) groups is 1. The summed E-state index contributed by atoms with van der Waals surface area (Å²) in [5, 5.41) is -0.227. The van der Waals surface area contributed by atoms with Gasteiger partial charge in [-0.3, -0.25) is 4.79 Å². The van der Waals surface area contributed by atoms with E-state index in [2.05, 4.69) is 0 Å². The Hall–Kier alpha value is -1.02. The van der Waals surface area contributed by atoms with Crippen LogP contribution in [-0.2, 0) is 4.79 Å². The van der Waals surface area contributed by atoms with Crippen LogP contribution in [-0.4, -0.2) is 11.3 Å². The van der Waals surface area contributed by atoms with E-state index in [9.17, 15) is 4.79 Å². The number of benzene rings is 1. The first-order valence-corrected chi connectivity index (χ1v) is 5.02. The lowest BCUT2D eigenvalue weighted by Crippen LogP contribution is -2.20. The standard InChI is InChI=1S/C11H14ClNO/c1-8(10(12)7-11(13)14)9-5-3-2-4-6-9/h2-6,8,10H,7H2,1H3,(H2,13,14)/t8-,10?/m1/s1. The second-order valence-corrected chi connectivity index (χ2v) is 3.95. The molecule has 0 aliphatic carbocycles. The highest BCUT2D eigenvalue weighted by Crippen LogP contribution is 2.24. The van der Waals surface area contributed by atoms with E-state index in [0.29, 0.717) is 0 Å². The number of carbonyl (C=O) groups excluding carboxylic acids is 1. The minimum atomic E-state index is -0.354. The predicted molar refractivity (Wildman–Crippen MR) is 58.3 cm³/mol. The molecule has 0 radical (unpaired) electrons. The molecule has 0 heterocycles. The molecule has 2 N–H and O–H groups in total. The lowest BCUT2D eigenvalue weighted by molar-refractivity contribution is -0.118. The third kappa shape index (κ3) is 3.04. The molecule has 3 heteroatoms. The van der Waals surface area contributed by atoms with Crippen LogP contribution in [0.4, 0.5) is 0 Å². The van der Waals surface area contributed by atoms with Crippen LogP contribution < -0.4 is 5.73 Å². The molecule has 1 aromatic carbocycles. The molecule has 2 atom stereocenters. The first-order valence-electron chi connectivity index (χ1n) is 4.58. The summed E-state index contributed by atoms with van der Waals surface area (Å²) in [5.74, 6) is -0.210. The number of nitrogens with two attached hydrogens (primary N) is 1. The Balaban J connectivity index is 2.65. The molecule has 0 saturated carbocycles. The molecule has 1 rings (SSSR count). The van der Waals surface area contributed by atoms with Crippen molar-refractivity contribution in [2.24, 2.45) is 5.73 Å². The first-order chi connectivity index (χ1) is 6.61. The van der Waals surface area contributed by atoms with Gasteiger partial charge in [0.1, 0.15) is 0 Å². The SMILES string of the molecule is C[C@H](c1ccccc1)C(Cl)CC(N)=O. The lowest BCUT2D eigenvalue weighted by atomic mass is 9.96. The van der Waals surface area contributed by atoms with Crippen LogP contribution in [0.2, 0.25) is 0 Å². The third-order valence-electron chi connectivity index (χ3n) is 2.26. The van der Waals surface area contributed by atoms with E-state index in [-0.39, 0.29) is 23.6 Å². The van der Waals surface area contributed by atoms with E-state index in [1.807, 2.05) is 37.3 Å². The summed E-state index contributed by atoms with van der Waals surface area (Å²) in [4.78, 5) is 10.7. The van der Waals surface area contributed by atoms with E-state index in [1.54, 1.807) is 0 Å². The van der Waals surface area contributed by atoms with Gasteiger partial charge in [0.15, 0.2) is 0 Å². The molecule has 1 unspecified atom stereocenters. The molecule has 1 amide bonds. The molecule has 0 spiro atoms. The Morgan fingerprint density at radius 2 is 2.00 bits per heavy atom. The summed E-state index contributed by atoms with van der Waals surface area (Å²) >= 11 is 6.06. The fraction of sp³-hybridized carbons (Fsp3) is 0.364. The zero-order valence-electron chi connectivity index (χ0n) is 8.11. The van der Waals surface area contributed by atoms with Gasteiger partial charge in [0, 0.05) is 11.8 Å². The molecule has 2 nitrogen and oxygen atoms in total. The Labute approximate surface area is 89.1 Å². The van der Waals surface area contributed by atoms with Crippen LogP contribution in [0, 0.1) is 0 Å². The quantitative estimate of drug-likeness (QED) is 0.763. The fourth-order valence-electron chi connectivity index (χ4n) is 1.33. The summed E-state index contributed by atoms with van der Waals surface area (Å²) in [6.45, 7) is 2.00. The van der Waals surface area contributed by atoms with Gasteiger partial charge in [0.25, 0.3) is 0 Å². The van der Waals surface area contributed by atoms with Crippen LogP contribution in [0.5, 0.6) is 0 Å². The molecule has 0 aliphatic heterocycles. The van der Waals surface area contributed by atoms with Gasteiger partial charge in [-0.15, -0.1) is 11.6 Å². The van der Waals surface area contributed by atoms with Crippen molar-refractivity contribution in [3.63, 3.8) is 0 Å². The number of hydrogen-bond acceptors (Lipinski definition) is 1. The Bertz CT molecular complexity index is 299. The molecular formula is C11H14ClNO. The summed E-state index contributed by atoms with van der Waals surface area (Å²) in [6.07, 6.45) is 0.220. The van der Waals surface area contributed by atoms with Gasteiger partial charge in [0.05, 0.1) is 0 Å². The highest BCUT2D eigenvalue weighted by atomic mass is 35.5. The minimum absolute atomic E-state index is 0.144. The predicted octanol–water partition coefficient (Wildman–Crippen LogP) is 2.27. The van der Waals surface area contributed by atoms with Crippen molar-refractivity contribution in [1.82, 2.24) is 0 Å². The minimum Gasteiger partial charge on any atom is -0.370 e. The van der Waals surface area contributed by atoms with E-state index < -0.39 is 0 Å². The second-order valence-electron chi connectivity index (χ2n) is 3.39. The van der Waals surface area contributed by atoms with Gasteiger partial charge in [-0.1, -0.05) is 37.3 Å². The van der Waals surface area contributed by atoms with Crippen molar-refractivity contribution in [1.29, 1.82) is 0 Å². The van der Waals surface area contributed by atoms with Crippen LogP contribution in [0.25, 0.3) is 0 Å². The third-order valence-corrected chi connectivity index (χ3v) is 2.80. The van der Waals surface area contributed by atoms with Crippen LogP contribution >= 0.6 is 11.6 Å². The average Bonchev–Trinajstić information content (AvgIpc) is 2.17. The number of alkyl halides is 1. The van der Waals surface area contributed by atoms with Gasteiger partial charge >= 0.3 is 0 Å². The molecule has 0 saturated heterocycles. The zero-order chi connectivity index (χ0) is 10.6. The van der Waals surface area contributed by atoms with E-state index >= 15 is 0 Å². The van der Waals surface area contributed by atoms with Gasteiger partial charge in [-0.25, -0.2) is 0 Å². The summed E-state index contributed by atoms with van der Waals surface area (Å²) in [6, 6.07) is 9.87. The summed E-state index contributed by atoms with van der Waals surface area (Å²) < 4.78 is 0. The topological polar surface area (TPSA) is 43.1 Å². The maximum absolute atomic E-state index is 10.7. The number of hydrogen-bond donors (Lipinski definition) is 1. The van der Waals surface area contributed by atoms with E-state index in [0.717, 1.165) is 5.56 Å². The molecule has 76 valence electrons. The lowest BCUT2D eigenvalue weighted by Gasteiger charge is -2.16. The van der Waals surface area contributed by atoms with Crippen LogP contribution in [0.1, 0.15) is 24.8 Å². The normalized spacial score (nSPS) is 14.7. The van der Waals surface area contributed by atoms with Crippen LogP contribution in [0.3, 0.4) is 0 Å². The highest BCUT2D eigenvalue weighted by molar-refractivity contribution is 6.22. The van der Waals surface area contributed by atoms with Crippen molar-refractivity contribution in [3.05, 3.63) is 35.9 Å². The molecule has 0 fully saturated rings. The van der Waals surface area contributed by atoms with Crippen molar-refractivity contribution in [2.45, 2.75) is 24.6 Å². The number of primary amides is 1. The molecular weight excluding hydrogens is 198 g/mol. The monoisotopic (exact) mass is 211 g/mol. The largest absolute Gasteiger partial charge is 0.370 e. The van der Waals surface area contributed by atoms with E-state index in [4.69, 9.17) is 17.3 Å². The molecule has 14 heavy (non-hydrogen) atoms. The van der Waals surface area contributed by atoms with Crippen molar-refractivity contribution >= 4 is 17.5 Å².